The van der Waals surface area contributed by atoms with Crippen molar-refractivity contribution in [2.45, 2.75) is 65.0 Å². The van der Waals surface area contributed by atoms with Gasteiger partial charge in [0.1, 0.15) is 5.60 Å². The molecule has 1 heterocycles. The fourth-order valence-electron chi connectivity index (χ4n) is 3.77. The summed E-state index contributed by atoms with van der Waals surface area (Å²) in [6.07, 6.45) is 4.71. The standard InChI is InChI=1S/C21H28N2O4/c1-21(2,3)27-20(26)22-11-6-12-23-17-8-5-4-7-15(17)16-13-14(19(24)25)9-10-18(16)23/h9-10,13H,4-8,11-12H2,1-3H3,(H,22,26)(H,24,25). The lowest BCUT2D eigenvalue weighted by Gasteiger charge is -2.20. The Kier molecular flexibility index (Phi) is 5.44. The van der Waals surface area contributed by atoms with Crippen LogP contribution < -0.4 is 5.32 Å². The van der Waals surface area contributed by atoms with E-state index in [0.29, 0.717) is 12.1 Å². The third-order valence-corrected chi connectivity index (χ3v) is 4.85. The number of aryl methyl sites for hydroxylation is 2. The Balaban J connectivity index is 1.74. The van der Waals surface area contributed by atoms with Gasteiger partial charge < -0.3 is 19.7 Å². The van der Waals surface area contributed by atoms with Crippen molar-refractivity contribution < 1.29 is 19.4 Å². The number of fused-ring (bicyclic) bond motifs is 3. The number of ether oxygens (including phenoxy) is 1. The van der Waals surface area contributed by atoms with Crippen LogP contribution in [0.15, 0.2) is 18.2 Å². The highest BCUT2D eigenvalue weighted by Gasteiger charge is 2.21. The number of carbonyl (C=O) groups is 2. The molecule has 0 saturated heterocycles. The second-order valence-electron chi connectivity index (χ2n) is 8.10. The predicted octanol–water partition coefficient (Wildman–Crippen LogP) is 4.13. The molecule has 0 atom stereocenters. The monoisotopic (exact) mass is 372 g/mol. The van der Waals surface area contributed by atoms with E-state index >= 15 is 0 Å². The molecule has 1 aromatic heterocycles. The Morgan fingerprint density at radius 3 is 2.67 bits per heavy atom. The van der Waals surface area contributed by atoms with E-state index in [4.69, 9.17) is 4.74 Å². The molecule has 3 rings (SSSR count). The van der Waals surface area contributed by atoms with Crippen molar-refractivity contribution in [1.29, 1.82) is 0 Å². The van der Waals surface area contributed by atoms with Crippen molar-refractivity contribution >= 4 is 23.0 Å². The van der Waals surface area contributed by atoms with Gasteiger partial charge in [-0.3, -0.25) is 0 Å². The molecule has 27 heavy (non-hydrogen) atoms. The molecule has 0 bridgehead atoms. The molecule has 6 nitrogen and oxygen atoms in total. The number of carboxylic acid groups (broad SMARTS) is 1. The highest BCUT2D eigenvalue weighted by Crippen LogP contribution is 2.33. The van der Waals surface area contributed by atoms with Crippen molar-refractivity contribution in [3.8, 4) is 0 Å². The molecule has 0 aliphatic heterocycles. The van der Waals surface area contributed by atoms with E-state index in [0.717, 1.165) is 49.6 Å². The zero-order valence-corrected chi connectivity index (χ0v) is 16.3. The zero-order chi connectivity index (χ0) is 19.6. The number of amides is 1. The molecular formula is C21H28N2O4. The number of rotatable bonds is 5. The molecule has 1 amide bonds. The van der Waals surface area contributed by atoms with Gasteiger partial charge in [0.2, 0.25) is 0 Å². The van der Waals surface area contributed by atoms with E-state index in [9.17, 15) is 14.7 Å². The second-order valence-corrected chi connectivity index (χ2v) is 8.10. The number of aromatic nitrogens is 1. The van der Waals surface area contributed by atoms with Crippen molar-refractivity contribution in [1.82, 2.24) is 9.88 Å². The summed E-state index contributed by atoms with van der Waals surface area (Å²) < 4.78 is 7.56. The van der Waals surface area contributed by atoms with E-state index in [1.165, 1.54) is 11.3 Å². The first-order chi connectivity index (χ1) is 12.8. The number of hydrogen-bond acceptors (Lipinski definition) is 3. The number of nitrogens with zero attached hydrogens (tertiary/aromatic N) is 1. The molecule has 2 N–H and O–H groups in total. The summed E-state index contributed by atoms with van der Waals surface area (Å²) in [4.78, 5) is 23.1. The minimum absolute atomic E-state index is 0.333. The number of carboxylic acids is 1. The molecule has 0 saturated carbocycles. The van der Waals surface area contributed by atoms with Crippen molar-refractivity contribution in [3.63, 3.8) is 0 Å². The van der Waals surface area contributed by atoms with E-state index in [-0.39, 0.29) is 0 Å². The summed E-state index contributed by atoms with van der Waals surface area (Å²) in [5.74, 6) is -0.893. The van der Waals surface area contributed by atoms with Gasteiger partial charge in [-0.05, 0) is 76.6 Å². The van der Waals surface area contributed by atoms with Crippen LogP contribution in [0.1, 0.15) is 61.6 Å². The van der Waals surface area contributed by atoms with Gasteiger partial charge >= 0.3 is 12.1 Å². The van der Waals surface area contributed by atoms with Gasteiger partial charge in [-0.25, -0.2) is 9.59 Å². The first kappa shape index (κ1) is 19.3. The van der Waals surface area contributed by atoms with Crippen LogP contribution in [0.3, 0.4) is 0 Å². The van der Waals surface area contributed by atoms with Gasteiger partial charge in [-0.15, -0.1) is 0 Å². The lowest BCUT2D eigenvalue weighted by molar-refractivity contribution is 0.0526. The van der Waals surface area contributed by atoms with Crippen LogP contribution in [0, 0.1) is 0 Å². The summed E-state index contributed by atoms with van der Waals surface area (Å²) in [5, 5.41) is 13.2. The Labute approximate surface area is 159 Å². The van der Waals surface area contributed by atoms with Crippen LogP contribution >= 0.6 is 0 Å². The molecule has 0 fully saturated rings. The van der Waals surface area contributed by atoms with E-state index in [2.05, 4.69) is 9.88 Å². The highest BCUT2D eigenvalue weighted by atomic mass is 16.6. The normalized spacial score (nSPS) is 14.0. The Bertz CT molecular complexity index is 861. The molecular weight excluding hydrogens is 344 g/mol. The predicted molar refractivity (Wildman–Crippen MR) is 104 cm³/mol. The SMILES string of the molecule is CC(C)(C)OC(=O)NCCCn1c2c(c3cc(C(=O)O)ccc31)CCCC2. The van der Waals surface area contributed by atoms with Crippen LogP contribution in [0.5, 0.6) is 0 Å². The third-order valence-electron chi connectivity index (χ3n) is 4.85. The fraction of sp³-hybridized carbons (Fsp3) is 0.524. The average Bonchev–Trinajstić information content (AvgIpc) is 2.90. The lowest BCUT2D eigenvalue weighted by Crippen LogP contribution is -2.33. The van der Waals surface area contributed by atoms with Gasteiger partial charge in [0, 0.05) is 29.7 Å². The Hall–Kier alpha value is -2.50. The smallest absolute Gasteiger partial charge is 0.407 e. The van der Waals surface area contributed by atoms with E-state index in [1.54, 1.807) is 12.1 Å². The van der Waals surface area contributed by atoms with E-state index in [1.807, 2.05) is 26.8 Å². The Morgan fingerprint density at radius 1 is 1.22 bits per heavy atom. The number of aromatic carboxylic acids is 1. The summed E-state index contributed by atoms with van der Waals surface area (Å²) in [6.45, 7) is 6.85. The number of nitrogens with one attached hydrogen (secondary N) is 1. The number of carbonyl (C=O) groups excluding carboxylic acids is 1. The first-order valence-corrected chi connectivity index (χ1v) is 9.60. The third kappa shape index (κ3) is 4.43. The maximum absolute atomic E-state index is 11.8. The van der Waals surface area contributed by atoms with Gasteiger partial charge in [0.05, 0.1) is 5.56 Å². The largest absolute Gasteiger partial charge is 0.478 e. The zero-order valence-electron chi connectivity index (χ0n) is 16.3. The number of hydrogen-bond donors (Lipinski definition) is 2. The molecule has 146 valence electrons. The maximum atomic E-state index is 11.8. The van der Waals surface area contributed by atoms with Crippen LogP contribution in [0.25, 0.3) is 10.9 Å². The van der Waals surface area contributed by atoms with Crippen LogP contribution in [-0.4, -0.2) is 33.9 Å². The second kappa shape index (κ2) is 7.62. The van der Waals surface area contributed by atoms with Gasteiger partial charge in [0.25, 0.3) is 0 Å². The number of alkyl carbamates (subject to hydrolysis) is 1. The fourth-order valence-corrected chi connectivity index (χ4v) is 3.77. The molecule has 0 spiro atoms. The first-order valence-electron chi connectivity index (χ1n) is 9.60. The quantitative estimate of drug-likeness (QED) is 0.773. The minimum atomic E-state index is -0.893. The van der Waals surface area contributed by atoms with Crippen molar-refractivity contribution in [3.05, 3.63) is 35.0 Å². The maximum Gasteiger partial charge on any atom is 0.407 e. The summed E-state index contributed by atoms with van der Waals surface area (Å²) in [5.41, 5.74) is 3.53. The summed E-state index contributed by atoms with van der Waals surface area (Å²) in [7, 11) is 0. The van der Waals surface area contributed by atoms with Crippen LogP contribution in [0.2, 0.25) is 0 Å². The van der Waals surface area contributed by atoms with Gasteiger partial charge in [-0.1, -0.05) is 0 Å². The lowest BCUT2D eigenvalue weighted by atomic mass is 9.95. The summed E-state index contributed by atoms with van der Waals surface area (Å²) in [6, 6.07) is 5.39. The van der Waals surface area contributed by atoms with E-state index < -0.39 is 17.7 Å². The number of benzene rings is 1. The topological polar surface area (TPSA) is 80.6 Å². The average molecular weight is 372 g/mol. The van der Waals surface area contributed by atoms with Crippen molar-refractivity contribution in [2.24, 2.45) is 0 Å². The Morgan fingerprint density at radius 2 is 1.96 bits per heavy atom. The molecule has 1 aromatic carbocycles. The van der Waals surface area contributed by atoms with Gasteiger partial charge in [0.15, 0.2) is 0 Å². The molecule has 1 aliphatic carbocycles. The summed E-state index contributed by atoms with van der Waals surface area (Å²) >= 11 is 0. The van der Waals surface area contributed by atoms with Gasteiger partial charge in [-0.2, -0.15) is 0 Å². The minimum Gasteiger partial charge on any atom is -0.478 e. The molecule has 1 aliphatic rings. The molecule has 0 unspecified atom stereocenters. The van der Waals surface area contributed by atoms with Crippen LogP contribution in [0.4, 0.5) is 4.79 Å². The van der Waals surface area contributed by atoms with Crippen molar-refractivity contribution in [2.75, 3.05) is 6.54 Å². The van der Waals surface area contributed by atoms with Crippen LogP contribution in [-0.2, 0) is 24.1 Å². The highest BCUT2D eigenvalue weighted by molar-refractivity contribution is 5.95. The molecule has 2 aromatic rings. The molecule has 0 radical (unpaired) electrons. The molecule has 6 heteroatoms.